The molecule has 26 heavy (non-hydrogen) atoms. The second kappa shape index (κ2) is 6.24. The van der Waals surface area contributed by atoms with Crippen molar-refractivity contribution in [1.29, 1.82) is 0 Å². The average molecular weight is 367 g/mol. The first-order valence-electron chi connectivity index (χ1n) is 7.88. The van der Waals surface area contributed by atoms with Crippen molar-refractivity contribution in [1.82, 2.24) is 9.38 Å². The minimum Gasteiger partial charge on any atom is -0.453 e. The van der Waals surface area contributed by atoms with E-state index >= 15 is 0 Å². The SMILES string of the molecule is COC(=O)Nc1ccc2ccn3c(N)c(-c4ccc(Cl)cc4)nc3c2c1. The van der Waals surface area contributed by atoms with Crippen molar-refractivity contribution >= 4 is 45.6 Å². The molecule has 0 aliphatic rings. The third kappa shape index (κ3) is 2.70. The van der Waals surface area contributed by atoms with Gasteiger partial charge >= 0.3 is 6.09 Å². The molecule has 0 aliphatic carbocycles. The number of amides is 1. The van der Waals surface area contributed by atoms with Crippen LogP contribution in [0.1, 0.15) is 0 Å². The van der Waals surface area contributed by atoms with Crippen LogP contribution in [-0.4, -0.2) is 22.6 Å². The highest BCUT2D eigenvalue weighted by Gasteiger charge is 2.14. The van der Waals surface area contributed by atoms with Gasteiger partial charge in [0.1, 0.15) is 17.2 Å². The van der Waals surface area contributed by atoms with E-state index < -0.39 is 6.09 Å². The zero-order chi connectivity index (χ0) is 18.3. The fourth-order valence-corrected chi connectivity index (χ4v) is 3.03. The summed E-state index contributed by atoms with van der Waals surface area (Å²) < 4.78 is 6.47. The fourth-order valence-electron chi connectivity index (χ4n) is 2.90. The number of nitrogens with zero attached hydrogens (tertiary/aromatic N) is 2. The average Bonchev–Trinajstić information content (AvgIpc) is 2.99. The molecular weight excluding hydrogens is 352 g/mol. The van der Waals surface area contributed by atoms with E-state index in [1.54, 1.807) is 12.1 Å². The summed E-state index contributed by atoms with van der Waals surface area (Å²) in [5.74, 6) is 0.538. The molecule has 1 amide bonds. The Morgan fingerprint density at radius 3 is 2.69 bits per heavy atom. The number of aromatic nitrogens is 2. The molecule has 2 aromatic heterocycles. The number of carbonyl (C=O) groups is 1. The Morgan fingerprint density at radius 2 is 1.96 bits per heavy atom. The summed E-state index contributed by atoms with van der Waals surface area (Å²) in [7, 11) is 1.32. The Labute approximate surface area is 154 Å². The summed E-state index contributed by atoms with van der Waals surface area (Å²) in [4.78, 5) is 16.2. The van der Waals surface area contributed by atoms with Gasteiger partial charge in [0.15, 0.2) is 0 Å². The van der Waals surface area contributed by atoms with Gasteiger partial charge in [-0.25, -0.2) is 9.78 Å². The predicted molar refractivity (Wildman–Crippen MR) is 104 cm³/mol. The molecule has 0 spiro atoms. The van der Waals surface area contributed by atoms with Gasteiger partial charge in [0, 0.05) is 27.9 Å². The maximum absolute atomic E-state index is 11.5. The molecule has 0 saturated carbocycles. The number of carbonyl (C=O) groups excluding carboxylic acids is 1. The monoisotopic (exact) mass is 366 g/mol. The number of imidazole rings is 1. The number of hydrogen-bond acceptors (Lipinski definition) is 4. The van der Waals surface area contributed by atoms with Crippen molar-refractivity contribution < 1.29 is 9.53 Å². The topological polar surface area (TPSA) is 81.6 Å². The second-order valence-corrected chi connectivity index (χ2v) is 6.22. The smallest absolute Gasteiger partial charge is 0.411 e. The van der Waals surface area contributed by atoms with E-state index in [4.69, 9.17) is 22.3 Å². The quantitative estimate of drug-likeness (QED) is 0.544. The highest BCUT2D eigenvalue weighted by atomic mass is 35.5. The van der Waals surface area contributed by atoms with Crippen molar-refractivity contribution in [2.45, 2.75) is 0 Å². The molecule has 0 aliphatic heterocycles. The molecular formula is C19H15ClN4O2. The molecule has 3 N–H and O–H groups in total. The first-order valence-corrected chi connectivity index (χ1v) is 8.26. The number of benzene rings is 2. The predicted octanol–water partition coefficient (Wildman–Crippen LogP) is 4.57. The van der Waals surface area contributed by atoms with Crippen molar-refractivity contribution in [2.24, 2.45) is 0 Å². The number of ether oxygens (including phenoxy) is 1. The Kier molecular flexibility index (Phi) is 3.89. The molecule has 130 valence electrons. The number of nitrogen functional groups attached to an aromatic ring is 1. The number of anilines is 2. The number of methoxy groups -OCH3 is 1. The van der Waals surface area contributed by atoms with Crippen LogP contribution in [0, 0.1) is 0 Å². The lowest BCUT2D eigenvalue weighted by Gasteiger charge is -2.06. The maximum Gasteiger partial charge on any atom is 0.411 e. The highest BCUT2D eigenvalue weighted by Crippen LogP contribution is 2.31. The van der Waals surface area contributed by atoms with Gasteiger partial charge in [-0.1, -0.05) is 29.8 Å². The molecule has 0 bridgehead atoms. The number of fused-ring (bicyclic) bond motifs is 3. The number of hydrogen-bond donors (Lipinski definition) is 2. The van der Waals surface area contributed by atoms with Gasteiger partial charge in [0.25, 0.3) is 0 Å². The third-order valence-corrected chi connectivity index (χ3v) is 4.45. The second-order valence-electron chi connectivity index (χ2n) is 5.78. The first-order chi connectivity index (χ1) is 12.6. The normalized spacial score (nSPS) is 11.0. The Hall–Kier alpha value is -3.25. The molecule has 0 fully saturated rings. The van der Waals surface area contributed by atoms with E-state index in [0.29, 0.717) is 27.9 Å². The van der Waals surface area contributed by atoms with E-state index in [9.17, 15) is 4.79 Å². The van der Waals surface area contributed by atoms with E-state index in [-0.39, 0.29) is 0 Å². The lowest BCUT2D eigenvalue weighted by molar-refractivity contribution is 0.187. The summed E-state index contributed by atoms with van der Waals surface area (Å²) in [6, 6.07) is 14.9. The van der Waals surface area contributed by atoms with Gasteiger partial charge in [0.2, 0.25) is 0 Å². The standard InChI is InChI=1S/C19H15ClN4O2/c1-26-19(25)22-14-7-4-11-8-9-24-17(21)16(23-18(24)15(11)10-14)12-2-5-13(20)6-3-12/h2-10H,21H2,1H3,(H,22,25). The van der Waals surface area contributed by atoms with Gasteiger partial charge < -0.3 is 10.5 Å². The van der Waals surface area contributed by atoms with Crippen LogP contribution in [0.25, 0.3) is 27.7 Å². The van der Waals surface area contributed by atoms with Crippen LogP contribution in [0.2, 0.25) is 5.02 Å². The fraction of sp³-hybridized carbons (Fsp3) is 0.0526. The summed E-state index contributed by atoms with van der Waals surface area (Å²) in [5, 5.41) is 5.17. The van der Waals surface area contributed by atoms with Crippen molar-refractivity contribution in [3.63, 3.8) is 0 Å². The zero-order valence-electron chi connectivity index (χ0n) is 13.9. The van der Waals surface area contributed by atoms with Gasteiger partial charge in [-0.3, -0.25) is 9.72 Å². The lowest BCUT2D eigenvalue weighted by atomic mass is 10.1. The van der Waals surface area contributed by atoms with Gasteiger partial charge in [0.05, 0.1) is 7.11 Å². The van der Waals surface area contributed by atoms with Crippen LogP contribution in [-0.2, 0) is 4.74 Å². The number of nitrogens with one attached hydrogen (secondary N) is 1. The Morgan fingerprint density at radius 1 is 1.19 bits per heavy atom. The largest absolute Gasteiger partial charge is 0.453 e. The molecule has 4 aromatic rings. The van der Waals surface area contributed by atoms with Gasteiger partial charge in [-0.05, 0) is 35.7 Å². The van der Waals surface area contributed by atoms with Gasteiger partial charge in [-0.2, -0.15) is 0 Å². The molecule has 0 saturated heterocycles. The molecule has 6 nitrogen and oxygen atoms in total. The summed E-state index contributed by atoms with van der Waals surface area (Å²) in [6.07, 6.45) is 1.35. The molecule has 0 atom stereocenters. The van der Waals surface area contributed by atoms with Crippen LogP contribution in [0.15, 0.2) is 54.7 Å². The summed E-state index contributed by atoms with van der Waals surface area (Å²) in [6.45, 7) is 0. The number of nitrogens with two attached hydrogens (primary N) is 1. The highest BCUT2D eigenvalue weighted by molar-refractivity contribution is 6.30. The summed E-state index contributed by atoms with van der Waals surface area (Å²) in [5.41, 5.74) is 9.21. The minimum absolute atomic E-state index is 0.527. The molecule has 2 heterocycles. The van der Waals surface area contributed by atoms with Crippen LogP contribution in [0.5, 0.6) is 0 Å². The lowest BCUT2D eigenvalue weighted by Crippen LogP contribution is -2.10. The van der Waals surface area contributed by atoms with E-state index in [2.05, 4.69) is 10.1 Å². The molecule has 7 heteroatoms. The molecule has 0 radical (unpaired) electrons. The van der Waals surface area contributed by atoms with Gasteiger partial charge in [-0.15, -0.1) is 0 Å². The number of pyridine rings is 1. The van der Waals surface area contributed by atoms with E-state index in [1.807, 2.05) is 47.0 Å². The van der Waals surface area contributed by atoms with Crippen LogP contribution < -0.4 is 11.1 Å². The maximum atomic E-state index is 11.5. The van der Waals surface area contributed by atoms with Crippen LogP contribution in [0.4, 0.5) is 16.3 Å². The number of halogens is 1. The number of rotatable bonds is 2. The Bertz CT molecular complexity index is 1140. The zero-order valence-corrected chi connectivity index (χ0v) is 14.6. The first kappa shape index (κ1) is 16.2. The van der Waals surface area contributed by atoms with Crippen LogP contribution in [0.3, 0.4) is 0 Å². The van der Waals surface area contributed by atoms with Crippen molar-refractivity contribution in [2.75, 3.05) is 18.2 Å². The van der Waals surface area contributed by atoms with Crippen LogP contribution >= 0.6 is 11.6 Å². The van der Waals surface area contributed by atoms with Crippen molar-refractivity contribution in [3.05, 3.63) is 59.8 Å². The third-order valence-electron chi connectivity index (χ3n) is 4.19. The molecule has 4 rings (SSSR count). The minimum atomic E-state index is -0.527. The van der Waals surface area contributed by atoms with E-state index in [1.165, 1.54) is 7.11 Å². The Balaban J connectivity index is 1.91. The van der Waals surface area contributed by atoms with E-state index in [0.717, 1.165) is 16.3 Å². The van der Waals surface area contributed by atoms with Crippen molar-refractivity contribution in [3.8, 4) is 11.3 Å². The summed E-state index contributed by atoms with van der Waals surface area (Å²) >= 11 is 5.97. The molecule has 0 unspecified atom stereocenters. The molecule has 2 aromatic carbocycles.